The lowest BCUT2D eigenvalue weighted by Crippen LogP contribution is -2.26. The Hall–Kier alpha value is -1.20. The summed E-state index contributed by atoms with van der Waals surface area (Å²) in [7, 11) is -7.05. The first-order valence-corrected chi connectivity index (χ1v) is 11.7. The SMILES string of the molecule is C[Si](C)(C)C#C/C=C\C1C=C(OS(=O)(=O)C(F)(F)F)CCC1. The van der Waals surface area contributed by atoms with Crippen LogP contribution in [0.15, 0.2) is 24.0 Å². The molecular formula is C14H19F3O3SSi. The van der Waals surface area contributed by atoms with E-state index >= 15 is 0 Å². The second-order valence-corrected chi connectivity index (χ2v) is 12.3. The average Bonchev–Trinajstić information content (AvgIpc) is 2.32. The van der Waals surface area contributed by atoms with Gasteiger partial charge in [0.05, 0.1) is 0 Å². The predicted octanol–water partition coefficient (Wildman–Crippen LogP) is 3.97. The van der Waals surface area contributed by atoms with E-state index in [1.807, 2.05) is 0 Å². The smallest absolute Gasteiger partial charge is 0.381 e. The summed E-state index contributed by atoms with van der Waals surface area (Å²) in [5.41, 5.74) is -2.27. The maximum Gasteiger partial charge on any atom is 0.534 e. The third kappa shape index (κ3) is 6.28. The van der Waals surface area contributed by atoms with E-state index in [1.165, 1.54) is 6.08 Å². The number of alkyl halides is 3. The molecular weight excluding hydrogens is 333 g/mol. The molecule has 0 N–H and O–H groups in total. The van der Waals surface area contributed by atoms with Crippen molar-refractivity contribution in [1.29, 1.82) is 0 Å². The molecule has 0 fully saturated rings. The first-order valence-electron chi connectivity index (χ1n) is 6.81. The Kier molecular flexibility index (Phi) is 5.93. The molecule has 8 heteroatoms. The van der Waals surface area contributed by atoms with Gasteiger partial charge in [-0.15, -0.1) is 5.54 Å². The molecule has 0 radical (unpaired) electrons. The lowest BCUT2D eigenvalue weighted by molar-refractivity contribution is -0.0524. The van der Waals surface area contributed by atoms with Gasteiger partial charge >= 0.3 is 15.6 Å². The molecule has 1 atom stereocenters. The van der Waals surface area contributed by atoms with Crippen LogP contribution in [0.4, 0.5) is 13.2 Å². The Bertz CT molecular complexity index is 616. The Balaban J connectivity index is 2.78. The van der Waals surface area contributed by atoms with Crippen molar-refractivity contribution in [1.82, 2.24) is 0 Å². The largest absolute Gasteiger partial charge is 0.534 e. The predicted molar refractivity (Wildman–Crippen MR) is 81.7 cm³/mol. The lowest BCUT2D eigenvalue weighted by atomic mass is 9.94. The summed E-state index contributed by atoms with van der Waals surface area (Å²) in [5.74, 6) is 2.60. The molecule has 1 unspecified atom stereocenters. The standard InChI is InChI=1S/C14H19F3O3SSi/c1-22(2,3)10-5-4-7-12-8-6-9-13(11-12)20-21(18,19)14(15,16)17/h4,7,11-12H,6,8-9H2,1-3H3/b7-4-. The van der Waals surface area contributed by atoms with Crippen LogP contribution >= 0.6 is 0 Å². The van der Waals surface area contributed by atoms with Crippen LogP contribution in [-0.4, -0.2) is 22.0 Å². The van der Waals surface area contributed by atoms with Gasteiger partial charge in [-0.05, 0) is 30.9 Å². The number of rotatable bonds is 3. The van der Waals surface area contributed by atoms with Gasteiger partial charge in [0.25, 0.3) is 0 Å². The molecule has 1 aliphatic carbocycles. The van der Waals surface area contributed by atoms with Crippen molar-refractivity contribution in [3.05, 3.63) is 24.0 Å². The maximum atomic E-state index is 12.3. The molecule has 0 aromatic rings. The van der Waals surface area contributed by atoms with Crippen LogP contribution in [0.25, 0.3) is 0 Å². The van der Waals surface area contributed by atoms with Crippen LogP contribution in [0, 0.1) is 17.4 Å². The topological polar surface area (TPSA) is 43.4 Å². The molecule has 0 saturated heterocycles. The van der Waals surface area contributed by atoms with E-state index in [4.69, 9.17) is 0 Å². The normalized spacial score (nSPS) is 20.3. The van der Waals surface area contributed by atoms with E-state index in [9.17, 15) is 21.6 Å². The van der Waals surface area contributed by atoms with Gasteiger partial charge in [-0.1, -0.05) is 31.6 Å². The molecule has 0 amide bonds. The van der Waals surface area contributed by atoms with Crippen molar-refractivity contribution in [2.45, 2.75) is 44.4 Å². The lowest BCUT2D eigenvalue weighted by Gasteiger charge is -2.19. The van der Waals surface area contributed by atoms with Crippen molar-refractivity contribution >= 4 is 18.2 Å². The van der Waals surface area contributed by atoms with Crippen molar-refractivity contribution in [3.63, 3.8) is 0 Å². The molecule has 0 heterocycles. The molecule has 0 saturated carbocycles. The summed E-state index contributed by atoms with van der Waals surface area (Å²) < 4.78 is 63.0. The molecule has 0 bridgehead atoms. The van der Waals surface area contributed by atoms with Gasteiger partial charge in [-0.25, -0.2) is 0 Å². The number of allylic oxidation sites excluding steroid dienone is 4. The summed E-state index contributed by atoms with van der Waals surface area (Å²) in [6.07, 6.45) is 6.32. The molecule has 22 heavy (non-hydrogen) atoms. The van der Waals surface area contributed by atoms with Crippen LogP contribution in [-0.2, 0) is 14.3 Å². The van der Waals surface area contributed by atoms with Gasteiger partial charge in [0.15, 0.2) is 0 Å². The van der Waals surface area contributed by atoms with E-state index in [0.717, 1.165) is 6.42 Å². The summed E-state index contributed by atoms with van der Waals surface area (Å²) in [6, 6.07) is 0. The van der Waals surface area contributed by atoms with E-state index < -0.39 is 23.7 Å². The van der Waals surface area contributed by atoms with Gasteiger partial charge in [-0.3, -0.25) is 0 Å². The third-order valence-corrected chi connectivity index (χ3v) is 4.63. The molecule has 0 aromatic heterocycles. The number of halogens is 3. The summed E-state index contributed by atoms with van der Waals surface area (Å²) >= 11 is 0. The number of hydrogen-bond acceptors (Lipinski definition) is 3. The molecule has 0 spiro atoms. The fourth-order valence-electron chi connectivity index (χ4n) is 1.76. The second-order valence-electron chi connectivity index (χ2n) is 6.05. The highest BCUT2D eigenvalue weighted by molar-refractivity contribution is 7.87. The highest BCUT2D eigenvalue weighted by Gasteiger charge is 2.48. The Morgan fingerprint density at radius 2 is 2.00 bits per heavy atom. The fourth-order valence-corrected chi connectivity index (χ4v) is 2.79. The zero-order valence-corrected chi connectivity index (χ0v) is 14.5. The first-order chi connectivity index (χ1) is 9.91. The van der Waals surface area contributed by atoms with Crippen molar-refractivity contribution in [2.75, 3.05) is 0 Å². The van der Waals surface area contributed by atoms with Crippen molar-refractivity contribution < 1.29 is 25.8 Å². The van der Waals surface area contributed by atoms with E-state index in [-0.39, 0.29) is 18.1 Å². The summed E-state index contributed by atoms with van der Waals surface area (Å²) in [5, 5.41) is 0. The van der Waals surface area contributed by atoms with Gasteiger partial charge < -0.3 is 4.18 Å². The van der Waals surface area contributed by atoms with Gasteiger partial charge in [0.2, 0.25) is 0 Å². The third-order valence-electron chi connectivity index (χ3n) is 2.73. The summed E-state index contributed by atoms with van der Waals surface area (Å²) in [4.78, 5) is 0. The molecule has 0 aromatic carbocycles. The monoisotopic (exact) mass is 352 g/mol. The van der Waals surface area contributed by atoms with Gasteiger partial charge in [0.1, 0.15) is 13.8 Å². The highest BCUT2D eigenvalue weighted by atomic mass is 32.2. The second kappa shape index (κ2) is 6.92. The zero-order chi connectivity index (χ0) is 17.0. The summed E-state index contributed by atoms with van der Waals surface area (Å²) in [6.45, 7) is 6.30. The zero-order valence-electron chi connectivity index (χ0n) is 12.7. The van der Waals surface area contributed by atoms with Crippen LogP contribution in [0.3, 0.4) is 0 Å². The van der Waals surface area contributed by atoms with Crippen LogP contribution in [0.2, 0.25) is 19.6 Å². The Morgan fingerprint density at radius 3 is 2.55 bits per heavy atom. The van der Waals surface area contributed by atoms with Gasteiger partial charge in [-0.2, -0.15) is 21.6 Å². The highest BCUT2D eigenvalue weighted by Crippen LogP contribution is 2.31. The molecule has 1 rings (SSSR count). The van der Waals surface area contributed by atoms with E-state index in [2.05, 4.69) is 35.3 Å². The maximum absolute atomic E-state index is 12.3. The van der Waals surface area contributed by atoms with E-state index in [0.29, 0.717) is 6.42 Å². The quantitative estimate of drug-likeness (QED) is 0.334. The molecule has 3 nitrogen and oxygen atoms in total. The Labute approximate surface area is 130 Å². The molecule has 124 valence electrons. The minimum absolute atomic E-state index is 0.156. The van der Waals surface area contributed by atoms with Crippen LogP contribution in [0.1, 0.15) is 19.3 Å². The first kappa shape index (κ1) is 18.8. The molecule has 0 aliphatic heterocycles. The molecule has 1 aliphatic rings. The van der Waals surface area contributed by atoms with Crippen LogP contribution < -0.4 is 0 Å². The minimum Gasteiger partial charge on any atom is -0.381 e. The minimum atomic E-state index is -5.58. The number of hydrogen-bond donors (Lipinski definition) is 0. The van der Waals surface area contributed by atoms with Crippen molar-refractivity contribution in [2.24, 2.45) is 5.92 Å². The van der Waals surface area contributed by atoms with Crippen molar-refractivity contribution in [3.8, 4) is 11.5 Å². The average molecular weight is 352 g/mol. The van der Waals surface area contributed by atoms with Gasteiger partial charge in [0, 0.05) is 6.42 Å². The van der Waals surface area contributed by atoms with E-state index in [1.54, 1.807) is 12.2 Å². The fraction of sp³-hybridized carbons (Fsp3) is 0.571. The van der Waals surface area contributed by atoms with Crippen LogP contribution in [0.5, 0.6) is 0 Å². The Morgan fingerprint density at radius 1 is 1.36 bits per heavy atom.